The van der Waals surface area contributed by atoms with Gasteiger partial charge in [-0.2, -0.15) is 0 Å². The Morgan fingerprint density at radius 1 is 1.07 bits per heavy atom. The van der Waals surface area contributed by atoms with Crippen LogP contribution in [0.4, 0.5) is 0 Å². The highest BCUT2D eigenvalue weighted by Gasteiger charge is 2.37. The first-order valence-electron chi connectivity index (χ1n) is 6.04. The molecule has 0 saturated heterocycles. The molecule has 80 valence electrons. The molecule has 1 aliphatic carbocycles. The van der Waals surface area contributed by atoms with Crippen LogP contribution < -0.4 is 4.74 Å². The lowest BCUT2D eigenvalue weighted by atomic mass is 9.81. The molecule has 1 fully saturated rings. The molecular formula is C14H18O. The molecule has 2 unspecified atom stereocenters. The SMILES string of the molecule is Cc1ccc(C)c2c1OC1CCCCC21. The second-order valence-corrected chi connectivity index (χ2v) is 4.99. The lowest BCUT2D eigenvalue weighted by Gasteiger charge is -2.24. The average Bonchev–Trinajstić information content (AvgIpc) is 2.64. The number of aryl methyl sites for hydroxylation is 2. The monoisotopic (exact) mass is 202 g/mol. The van der Waals surface area contributed by atoms with Gasteiger partial charge >= 0.3 is 0 Å². The molecule has 1 heterocycles. The minimum absolute atomic E-state index is 0.480. The van der Waals surface area contributed by atoms with Crippen LogP contribution in [0.2, 0.25) is 0 Å². The van der Waals surface area contributed by atoms with Crippen LogP contribution in [0.1, 0.15) is 48.3 Å². The van der Waals surface area contributed by atoms with E-state index in [-0.39, 0.29) is 0 Å². The van der Waals surface area contributed by atoms with Crippen LogP contribution in [-0.4, -0.2) is 6.10 Å². The molecule has 15 heavy (non-hydrogen) atoms. The summed E-state index contributed by atoms with van der Waals surface area (Å²) >= 11 is 0. The minimum atomic E-state index is 0.480. The molecule has 1 nitrogen and oxygen atoms in total. The lowest BCUT2D eigenvalue weighted by Crippen LogP contribution is -2.22. The van der Waals surface area contributed by atoms with Crippen LogP contribution in [0.15, 0.2) is 12.1 Å². The van der Waals surface area contributed by atoms with Gasteiger partial charge in [0, 0.05) is 11.5 Å². The summed E-state index contributed by atoms with van der Waals surface area (Å²) in [5, 5.41) is 0. The van der Waals surface area contributed by atoms with Gasteiger partial charge < -0.3 is 4.74 Å². The maximum atomic E-state index is 6.12. The van der Waals surface area contributed by atoms with Crippen molar-refractivity contribution in [3.8, 4) is 5.75 Å². The Kier molecular flexibility index (Phi) is 2.01. The van der Waals surface area contributed by atoms with E-state index in [1.807, 2.05) is 0 Å². The van der Waals surface area contributed by atoms with Crippen molar-refractivity contribution >= 4 is 0 Å². The van der Waals surface area contributed by atoms with Gasteiger partial charge in [0.15, 0.2) is 0 Å². The first kappa shape index (κ1) is 9.26. The van der Waals surface area contributed by atoms with E-state index in [1.54, 1.807) is 0 Å². The zero-order valence-corrected chi connectivity index (χ0v) is 9.55. The zero-order valence-electron chi connectivity index (χ0n) is 9.55. The third-order valence-corrected chi connectivity index (χ3v) is 3.95. The number of fused-ring (bicyclic) bond motifs is 3. The van der Waals surface area contributed by atoms with Crippen LogP contribution in [0.5, 0.6) is 5.75 Å². The van der Waals surface area contributed by atoms with Crippen molar-refractivity contribution < 1.29 is 4.74 Å². The molecule has 1 aromatic carbocycles. The first-order chi connectivity index (χ1) is 7.27. The van der Waals surface area contributed by atoms with Crippen LogP contribution >= 0.6 is 0 Å². The minimum Gasteiger partial charge on any atom is -0.489 e. The van der Waals surface area contributed by atoms with Crippen molar-refractivity contribution in [2.75, 3.05) is 0 Å². The Labute approximate surface area is 91.5 Å². The van der Waals surface area contributed by atoms with Crippen LogP contribution in [0.25, 0.3) is 0 Å². The van der Waals surface area contributed by atoms with E-state index in [0.29, 0.717) is 12.0 Å². The van der Waals surface area contributed by atoms with Gasteiger partial charge in [0.2, 0.25) is 0 Å². The van der Waals surface area contributed by atoms with Crippen molar-refractivity contribution in [3.63, 3.8) is 0 Å². The molecule has 2 atom stereocenters. The lowest BCUT2D eigenvalue weighted by molar-refractivity contribution is 0.163. The second-order valence-electron chi connectivity index (χ2n) is 4.99. The third-order valence-electron chi connectivity index (χ3n) is 3.95. The van der Waals surface area contributed by atoms with Crippen molar-refractivity contribution in [2.24, 2.45) is 0 Å². The van der Waals surface area contributed by atoms with Crippen molar-refractivity contribution in [2.45, 2.75) is 51.6 Å². The Morgan fingerprint density at radius 2 is 1.80 bits per heavy atom. The molecule has 1 saturated carbocycles. The van der Waals surface area contributed by atoms with Crippen LogP contribution in [0, 0.1) is 13.8 Å². The second kappa shape index (κ2) is 3.26. The van der Waals surface area contributed by atoms with Gasteiger partial charge in [-0.05, 0) is 44.2 Å². The summed E-state index contributed by atoms with van der Waals surface area (Å²) in [5.41, 5.74) is 4.25. The van der Waals surface area contributed by atoms with Crippen LogP contribution in [0.3, 0.4) is 0 Å². The average molecular weight is 202 g/mol. The van der Waals surface area contributed by atoms with Crippen LogP contribution in [-0.2, 0) is 0 Å². The Bertz CT molecular complexity index is 395. The molecule has 1 aliphatic heterocycles. The number of ether oxygens (including phenoxy) is 1. The standard InChI is InChI=1S/C14H18O/c1-9-7-8-10(2)14-13(9)11-5-3-4-6-12(11)15-14/h7-8,11-12H,3-6H2,1-2H3. The molecule has 1 aromatic rings. The fourth-order valence-electron chi connectivity index (χ4n) is 3.14. The normalized spacial score (nSPS) is 28.1. The van der Waals surface area contributed by atoms with E-state index in [1.165, 1.54) is 48.1 Å². The fraction of sp³-hybridized carbons (Fsp3) is 0.571. The first-order valence-corrected chi connectivity index (χ1v) is 6.04. The molecule has 2 aliphatic rings. The highest BCUT2D eigenvalue weighted by molar-refractivity contribution is 5.51. The van der Waals surface area contributed by atoms with Crippen molar-refractivity contribution in [1.82, 2.24) is 0 Å². The number of rotatable bonds is 0. The largest absolute Gasteiger partial charge is 0.489 e. The van der Waals surface area contributed by atoms with E-state index in [4.69, 9.17) is 4.74 Å². The van der Waals surface area contributed by atoms with E-state index < -0.39 is 0 Å². The fourth-order valence-corrected chi connectivity index (χ4v) is 3.14. The smallest absolute Gasteiger partial charge is 0.126 e. The van der Waals surface area contributed by atoms with E-state index in [2.05, 4.69) is 26.0 Å². The highest BCUT2D eigenvalue weighted by atomic mass is 16.5. The molecule has 0 radical (unpaired) electrons. The Balaban J connectivity index is 2.11. The van der Waals surface area contributed by atoms with Gasteiger partial charge in [-0.15, -0.1) is 0 Å². The summed E-state index contributed by atoms with van der Waals surface area (Å²) in [7, 11) is 0. The van der Waals surface area contributed by atoms with Gasteiger partial charge in [0.1, 0.15) is 11.9 Å². The van der Waals surface area contributed by atoms with Gasteiger partial charge in [0.25, 0.3) is 0 Å². The van der Waals surface area contributed by atoms with E-state index in [0.717, 1.165) is 0 Å². The molecule has 0 bridgehead atoms. The van der Waals surface area contributed by atoms with E-state index >= 15 is 0 Å². The van der Waals surface area contributed by atoms with Crippen molar-refractivity contribution in [3.05, 3.63) is 28.8 Å². The summed E-state index contributed by atoms with van der Waals surface area (Å²) in [4.78, 5) is 0. The summed E-state index contributed by atoms with van der Waals surface area (Å²) in [6, 6.07) is 4.43. The molecule has 0 spiro atoms. The number of hydrogen-bond acceptors (Lipinski definition) is 1. The molecule has 0 N–H and O–H groups in total. The number of hydrogen-bond donors (Lipinski definition) is 0. The summed E-state index contributed by atoms with van der Waals surface area (Å²) in [6.07, 6.45) is 5.76. The zero-order chi connectivity index (χ0) is 10.4. The Hall–Kier alpha value is -0.980. The maximum absolute atomic E-state index is 6.12. The molecule has 0 aromatic heterocycles. The molecule has 1 heteroatoms. The highest BCUT2D eigenvalue weighted by Crippen LogP contribution is 2.48. The van der Waals surface area contributed by atoms with Gasteiger partial charge in [-0.25, -0.2) is 0 Å². The predicted molar refractivity (Wildman–Crippen MR) is 61.5 cm³/mol. The summed E-state index contributed by atoms with van der Waals surface area (Å²) < 4.78 is 6.12. The Morgan fingerprint density at radius 3 is 2.67 bits per heavy atom. The molecule has 0 amide bonds. The topological polar surface area (TPSA) is 9.23 Å². The van der Waals surface area contributed by atoms with E-state index in [9.17, 15) is 0 Å². The van der Waals surface area contributed by atoms with Gasteiger partial charge in [-0.3, -0.25) is 0 Å². The molecule has 3 rings (SSSR count). The van der Waals surface area contributed by atoms with Crippen molar-refractivity contribution in [1.29, 1.82) is 0 Å². The third kappa shape index (κ3) is 1.29. The van der Waals surface area contributed by atoms with Gasteiger partial charge in [-0.1, -0.05) is 18.6 Å². The molecular weight excluding hydrogens is 184 g/mol. The quantitative estimate of drug-likeness (QED) is 0.623. The number of benzene rings is 1. The van der Waals surface area contributed by atoms with Gasteiger partial charge in [0.05, 0.1) is 0 Å². The summed E-state index contributed by atoms with van der Waals surface area (Å²) in [5.74, 6) is 1.89. The summed E-state index contributed by atoms with van der Waals surface area (Å²) in [6.45, 7) is 4.38. The predicted octanol–water partition coefficient (Wildman–Crippen LogP) is 3.72. The maximum Gasteiger partial charge on any atom is 0.126 e.